The number of carbonyl (C=O) groups excluding carboxylic acids is 2. The normalized spacial score (nSPS) is 20.0. The van der Waals surface area contributed by atoms with E-state index in [2.05, 4.69) is 10.6 Å². The van der Waals surface area contributed by atoms with E-state index in [0.29, 0.717) is 24.4 Å². The third kappa shape index (κ3) is 4.30. The molecule has 2 N–H and O–H groups in total. The molecule has 2 aliphatic rings. The first kappa shape index (κ1) is 16.9. The highest BCUT2D eigenvalue weighted by molar-refractivity contribution is 8.02. The van der Waals surface area contributed by atoms with Gasteiger partial charge in [0.2, 0.25) is 0 Å². The number of rotatable bonds is 5. The standard InChI is InChI=1S/C17H20N2O4S/c20-16(18-10-12-4-3-7-22-12)13-5-1-2-6-14(13)19-17(21)15-11-24-9-8-23-15/h1-2,5-6,11-12H,3-4,7-10H2,(H,18,20)(H,19,21)/t12-/m1/s1. The smallest absolute Gasteiger partial charge is 0.291 e. The number of benzene rings is 1. The van der Waals surface area contributed by atoms with Crippen molar-refractivity contribution in [1.29, 1.82) is 0 Å². The molecule has 1 fully saturated rings. The molecule has 0 spiro atoms. The molecular weight excluding hydrogens is 328 g/mol. The van der Waals surface area contributed by atoms with Crippen LogP contribution in [0.4, 0.5) is 5.69 Å². The largest absolute Gasteiger partial charge is 0.487 e. The van der Waals surface area contributed by atoms with Crippen LogP contribution in [0.2, 0.25) is 0 Å². The molecule has 0 radical (unpaired) electrons. The van der Waals surface area contributed by atoms with E-state index in [9.17, 15) is 9.59 Å². The molecule has 0 saturated carbocycles. The first-order valence-electron chi connectivity index (χ1n) is 7.99. The predicted octanol–water partition coefficient (Wildman–Crippen LogP) is 2.14. The highest BCUT2D eigenvalue weighted by Crippen LogP contribution is 2.20. The number of hydrogen-bond donors (Lipinski definition) is 2. The minimum absolute atomic E-state index is 0.0773. The lowest BCUT2D eigenvalue weighted by Crippen LogP contribution is -2.32. The Labute approximate surface area is 145 Å². The fraction of sp³-hybridized carbons (Fsp3) is 0.412. The molecule has 24 heavy (non-hydrogen) atoms. The Kier molecular flexibility index (Phi) is 5.77. The van der Waals surface area contributed by atoms with E-state index in [4.69, 9.17) is 9.47 Å². The van der Waals surface area contributed by atoms with Crippen molar-refractivity contribution in [3.63, 3.8) is 0 Å². The van der Waals surface area contributed by atoms with E-state index in [0.717, 1.165) is 25.2 Å². The lowest BCUT2D eigenvalue weighted by molar-refractivity contribution is -0.116. The number of hydrogen-bond acceptors (Lipinski definition) is 5. The molecule has 7 heteroatoms. The van der Waals surface area contributed by atoms with Gasteiger partial charge >= 0.3 is 0 Å². The summed E-state index contributed by atoms with van der Waals surface area (Å²) in [6.07, 6.45) is 2.07. The van der Waals surface area contributed by atoms with Gasteiger partial charge in [0.15, 0.2) is 5.76 Å². The van der Waals surface area contributed by atoms with Gasteiger partial charge in [0, 0.05) is 24.3 Å². The molecule has 1 aromatic rings. The third-order valence-electron chi connectivity index (χ3n) is 3.81. The number of anilines is 1. The fourth-order valence-electron chi connectivity index (χ4n) is 2.57. The maximum Gasteiger partial charge on any atom is 0.291 e. The molecule has 2 heterocycles. The Morgan fingerprint density at radius 2 is 2.08 bits per heavy atom. The van der Waals surface area contributed by atoms with Gasteiger partial charge in [0.05, 0.1) is 24.0 Å². The lowest BCUT2D eigenvalue weighted by atomic mass is 10.1. The SMILES string of the molecule is O=C(Nc1ccccc1C(=O)NC[C@H]1CCCO1)C1=CSCCO1. The van der Waals surface area contributed by atoms with Crippen molar-refractivity contribution in [2.24, 2.45) is 0 Å². The van der Waals surface area contributed by atoms with Crippen LogP contribution in [0.25, 0.3) is 0 Å². The van der Waals surface area contributed by atoms with Gasteiger partial charge in [0.1, 0.15) is 0 Å². The average Bonchev–Trinajstić information content (AvgIpc) is 3.14. The van der Waals surface area contributed by atoms with Gasteiger partial charge in [-0.1, -0.05) is 12.1 Å². The van der Waals surface area contributed by atoms with Crippen LogP contribution in [0.1, 0.15) is 23.2 Å². The summed E-state index contributed by atoms with van der Waals surface area (Å²) < 4.78 is 10.8. The average molecular weight is 348 g/mol. The minimum atomic E-state index is -0.346. The summed E-state index contributed by atoms with van der Waals surface area (Å²) in [4.78, 5) is 24.7. The van der Waals surface area contributed by atoms with Gasteiger partial charge in [-0.05, 0) is 25.0 Å². The maximum absolute atomic E-state index is 12.4. The van der Waals surface area contributed by atoms with Crippen molar-refractivity contribution in [2.45, 2.75) is 18.9 Å². The summed E-state index contributed by atoms with van der Waals surface area (Å²) in [5.74, 6) is 0.538. The summed E-state index contributed by atoms with van der Waals surface area (Å²) in [7, 11) is 0. The number of amides is 2. The Balaban J connectivity index is 1.64. The van der Waals surface area contributed by atoms with Gasteiger partial charge in [-0.15, -0.1) is 11.8 Å². The Hall–Kier alpha value is -1.99. The Morgan fingerprint density at radius 3 is 2.83 bits per heavy atom. The fourth-order valence-corrected chi connectivity index (χ4v) is 3.19. The van der Waals surface area contributed by atoms with E-state index >= 15 is 0 Å². The van der Waals surface area contributed by atoms with Crippen molar-refractivity contribution in [3.05, 3.63) is 41.0 Å². The van der Waals surface area contributed by atoms with Crippen molar-refractivity contribution in [2.75, 3.05) is 30.8 Å². The lowest BCUT2D eigenvalue weighted by Gasteiger charge is -2.16. The first-order valence-corrected chi connectivity index (χ1v) is 9.03. The zero-order valence-corrected chi connectivity index (χ0v) is 14.1. The molecule has 1 atom stereocenters. The summed E-state index contributed by atoms with van der Waals surface area (Å²) >= 11 is 1.53. The van der Waals surface area contributed by atoms with Gasteiger partial charge < -0.3 is 20.1 Å². The highest BCUT2D eigenvalue weighted by atomic mass is 32.2. The molecule has 3 rings (SSSR count). The van der Waals surface area contributed by atoms with E-state index < -0.39 is 0 Å². The number of nitrogens with one attached hydrogen (secondary N) is 2. The molecular formula is C17H20N2O4S. The number of thioether (sulfide) groups is 1. The molecule has 6 nitrogen and oxygen atoms in total. The predicted molar refractivity (Wildman–Crippen MR) is 92.9 cm³/mol. The Morgan fingerprint density at radius 1 is 1.21 bits per heavy atom. The second kappa shape index (κ2) is 8.21. The second-order valence-electron chi connectivity index (χ2n) is 5.55. The summed E-state index contributed by atoms with van der Waals surface area (Å²) in [5.41, 5.74) is 0.889. The van der Waals surface area contributed by atoms with Crippen LogP contribution in [0.3, 0.4) is 0 Å². The van der Waals surface area contributed by atoms with Gasteiger partial charge in [-0.2, -0.15) is 0 Å². The van der Waals surface area contributed by atoms with Crippen LogP contribution in [0.15, 0.2) is 35.4 Å². The number of carbonyl (C=O) groups is 2. The van der Waals surface area contributed by atoms with E-state index in [1.54, 1.807) is 29.7 Å². The van der Waals surface area contributed by atoms with Crippen LogP contribution >= 0.6 is 11.8 Å². The molecule has 1 aromatic carbocycles. The van der Waals surface area contributed by atoms with Gasteiger partial charge in [0.25, 0.3) is 11.8 Å². The highest BCUT2D eigenvalue weighted by Gasteiger charge is 2.20. The molecule has 0 unspecified atom stereocenters. The summed E-state index contributed by atoms with van der Waals surface area (Å²) in [6.45, 7) is 1.74. The minimum Gasteiger partial charge on any atom is -0.487 e. The molecule has 0 aliphatic carbocycles. The van der Waals surface area contributed by atoms with Crippen molar-refractivity contribution < 1.29 is 19.1 Å². The number of para-hydroxylation sites is 1. The van der Waals surface area contributed by atoms with Gasteiger partial charge in [-0.3, -0.25) is 9.59 Å². The third-order valence-corrected chi connectivity index (χ3v) is 4.59. The molecule has 1 saturated heterocycles. The van der Waals surface area contributed by atoms with Crippen molar-refractivity contribution in [3.8, 4) is 0 Å². The molecule has 2 aliphatic heterocycles. The van der Waals surface area contributed by atoms with Crippen LogP contribution < -0.4 is 10.6 Å². The second-order valence-corrected chi connectivity index (χ2v) is 6.52. The summed E-state index contributed by atoms with van der Waals surface area (Å²) in [6, 6.07) is 6.93. The van der Waals surface area contributed by atoms with E-state index in [-0.39, 0.29) is 23.7 Å². The Bertz CT molecular complexity index is 641. The molecule has 0 aromatic heterocycles. The quantitative estimate of drug-likeness (QED) is 0.853. The number of ether oxygens (including phenoxy) is 2. The molecule has 0 bridgehead atoms. The van der Waals surface area contributed by atoms with Gasteiger partial charge in [-0.25, -0.2) is 0 Å². The monoisotopic (exact) mass is 348 g/mol. The molecule has 128 valence electrons. The van der Waals surface area contributed by atoms with Crippen LogP contribution in [-0.2, 0) is 14.3 Å². The first-order chi connectivity index (χ1) is 11.7. The van der Waals surface area contributed by atoms with Crippen LogP contribution in [0.5, 0.6) is 0 Å². The topological polar surface area (TPSA) is 76.7 Å². The van der Waals surface area contributed by atoms with Crippen LogP contribution in [-0.4, -0.2) is 43.4 Å². The van der Waals surface area contributed by atoms with Crippen molar-refractivity contribution in [1.82, 2.24) is 5.32 Å². The molecule has 2 amide bonds. The zero-order valence-electron chi connectivity index (χ0n) is 13.2. The van der Waals surface area contributed by atoms with Crippen LogP contribution in [0, 0.1) is 0 Å². The van der Waals surface area contributed by atoms with Crippen molar-refractivity contribution >= 4 is 29.3 Å². The van der Waals surface area contributed by atoms with E-state index in [1.807, 2.05) is 0 Å². The maximum atomic E-state index is 12.4. The van der Waals surface area contributed by atoms with E-state index in [1.165, 1.54) is 11.8 Å². The zero-order chi connectivity index (χ0) is 16.8. The summed E-state index contributed by atoms with van der Waals surface area (Å²) in [5, 5.41) is 7.31.